The van der Waals surface area contributed by atoms with E-state index in [1.165, 1.54) is 17.3 Å². The zero-order valence-corrected chi connectivity index (χ0v) is 18.1. The molecule has 1 saturated heterocycles. The molecule has 0 spiro atoms. The van der Waals surface area contributed by atoms with Crippen molar-refractivity contribution in [1.82, 2.24) is 20.2 Å². The number of aryl methyl sites for hydroxylation is 1. The maximum Gasteiger partial charge on any atom is 0.236 e. The molecule has 3 heterocycles. The van der Waals surface area contributed by atoms with Gasteiger partial charge in [0.2, 0.25) is 11.1 Å². The van der Waals surface area contributed by atoms with Gasteiger partial charge in [-0.05, 0) is 25.3 Å². The molecule has 3 unspecified atom stereocenters. The Bertz CT molecular complexity index is 1050. The van der Waals surface area contributed by atoms with Gasteiger partial charge in [-0.25, -0.2) is 4.68 Å². The molecule has 0 bridgehead atoms. The summed E-state index contributed by atoms with van der Waals surface area (Å²) < 4.78 is 7.56. The third-order valence-electron chi connectivity index (χ3n) is 5.69. The number of aromatic nitrogens is 3. The number of benzene rings is 2. The van der Waals surface area contributed by atoms with Crippen molar-refractivity contribution in [2.45, 2.75) is 42.3 Å². The molecule has 3 atom stereocenters. The lowest BCUT2D eigenvalue weighted by Gasteiger charge is -2.33. The van der Waals surface area contributed by atoms with E-state index >= 15 is 0 Å². The Kier molecular flexibility index (Phi) is 5.65. The lowest BCUT2D eigenvalue weighted by atomic mass is 10.0. The van der Waals surface area contributed by atoms with Crippen LogP contribution in [0.3, 0.4) is 0 Å². The SMILES string of the molecule is Cc1ccc(C2Nn3c(nnc3-c3ccccc3)SC2C(=O)NCC2CCCO2)cc1. The normalized spacial score (nSPS) is 22.5. The highest BCUT2D eigenvalue weighted by Crippen LogP contribution is 2.38. The van der Waals surface area contributed by atoms with E-state index in [-0.39, 0.29) is 23.3 Å². The van der Waals surface area contributed by atoms with Crippen LogP contribution in [0.4, 0.5) is 0 Å². The van der Waals surface area contributed by atoms with Crippen LogP contribution in [0, 0.1) is 6.92 Å². The Labute approximate surface area is 185 Å². The van der Waals surface area contributed by atoms with Crippen LogP contribution in [0.2, 0.25) is 0 Å². The third kappa shape index (κ3) is 4.18. The van der Waals surface area contributed by atoms with Gasteiger partial charge in [0, 0.05) is 18.7 Å². The summed E-state index contributed by atoms with van der Waals surface area (Å²) in [5.74, 6) is 0.715. The van der Waals surface area contributed by atoms with Gasteiger partial charge in [-0.2, -0.15) is 0 Å². The van der Waals surface area contributed by atoms with E-state index in [4.69, 9.17) is 4.74 Å². The number of rotatable bonds is 5. The van der Waals surface area contributed by atoms with E-state index in [2.05, 4.69) is 52.1 Å². The van der Waals surface area contributed by atoms with Gasteiger partial charge in [0.05, 0.1) is 12.1 Å². The predicted octanol–water partition coefficient (Wildman–Crippen LogP) is 3.31. The number of fused-ring (bicyclic) bond motifs is 1. The van der Waals surface area contributed by atoms with Gasteiger partial charge < -0.3 is 15.5 Å². The summed E-state index contributed by atoms with van der Waals surface area (Å²) in [6.07, 6.45) is 2.15. The number of hydrogen-bond acceptors (Lipinski definition) is 6. The number of nitrogens with one attached hydrogen (secondary N) is 2. The molecule has 1 aromatic heterocycles. The molecule has 0 saturated carbocycles. The Morgan fingerprint density at radius 3 is 2.74 bits per heavy atom. The number of carbonyl (C=O) groups is 1. The molecule has 7 nitrogen and oxygen atoms in total. The number of thioether (sulfide) groups is 1. The summed E-state index contributed by atoms with van der Waals surface area (Å²) in [6, 6.07) is 18.0. The largest absolute Gasteiger partial charge is 0.376 e. The molecule has 2 aromatic carbocycles. The summed E-state index contributed by atoms with van der Waals surface area (Å²) in [5.41, 5.74) is 6.72. The highest BCUT2D eigenvalue weighted by molar-refractivity contribution is 8.00. The highest BCUT2D eigenvalue weighted by Gasteiger charge is 2.38. The van der Waals surface area contributed by atoms with Gasteiger partial charge in [0.15, 0.2) is 5.82 Å². The fourth-order valence-corrected chi connectivity index (χ4v) is 5.08. The van der Waals surface area contributed by atoms with Crippen LogP contribution in [-0.4, -0.2) is 45.3 Å². The molecule has 3 aromatic rings. The molecule has 31 heavy (non-hydrogen) atoms. The first-order valence-corrected chi connectivity index (χ1v) is 11.5. The number of nitrogens with zero attached hydrogens (tertiary/aromatic N) is 3. The van der Waals surface area contributed by atoms with Crippen LogP contribution in [0.5, 0.6) is 0 Å². The van der Waals surface area contributed by atoms with Crippen molar-refractivity contribution in [2.75, 3.05) is 18.6 Å². The molecule has 8 heteroatoms. The van der Waals surface area contributed by atoms with E-state index in [9.17, 15) is 4.79 Å². The second-order valence-corrected chi connectivity index (χ2v) is 9.05. The van der Waals surface area contributed by atoms with Gasteiger partial charge in [-0.15, -0.1) is 10.2 Å². The van der Waals surface area contributed by atoms with Gasteiger partial charge in [-0.3, -0.25) is 4.79 Å². The molecule has 0 radical (unpaired) electrons. The first-order valence-electron chi connectivity index (χ1n) is 10.6. The number of carbonyl (C=O) groups excluding carboxylic acids is 1. The smallest absolute Gasteiger partial charge is 0.236 e. The third-order valence-corrected chi connectivity index (χ3v) is 6.91. The van der Waals surface area contributed by atoms with Crippen LogP contribution in [-0.2, 0) is 9.53 Å². The molecule has 0 aliphatic carbocycles. The average molecular weight is 436 g/mol. The number of ether oxygens (including phenoxy) is 1. The topological polar surface area (TPSA) is 81.1 Å². The Morgan fingerprint density at radius 1 is 1.19 bits per heavy atom. The van der Waals surface area contributed by atoms with Gasteiger partial charge >= 0.3 is 0 Å². The first kappa shape index (κ1) is 20.1. The summed E-state index contributed by atoms with van der Waals surface area (Å²) in [5, 5.41) is 12.1. The monoisotopic (exact) mass is 435 g/mol. The molecular weight excluding hydrogens is 410 g/mol. The zero-order valence-electron chi connectivity index (χ0n) is 17.3. The van der Waals surface area contributed by atoms with Crippen molar-refractivity contribution in [3.05, 3.63) is 65.7 Å². The van der Waals surface area contributed by atoms with Crippen molar-refractivity contribution < 1.29 is 9.53 Å². The minimum absolute atomic E-state index is 0.0194. The molecule has 1 amide bonds. The fraction of sp³-hybridized carbons (Fsp3) is 0.348. The fourth-order valence-electron chi connectivity index (χ4n) is 3.97. The molecule has 2 aliphatic rings. The second-order valence-electron chi connectivity index (χ2n) is 7.94. The zero-order chi connectivity index (χ0) is 21.2. The molecule has 2 N–H and O–H groups in total. The quantitative estimate of drug-likeness (QED) is 0.640. The van der Waals surface area contributed by atoms with Crippen molar-refractivity contribution >= 4 is 17.7 Å². The molecule has 160 valence electrons. The summed E-state index contributed by atoms with van der Waals surface area (Å²) >= 11 is 1.44. The van der Waals surface area contributed by atoms with Crippen molar-refractivity contribution in [3.8, 4) is 11.4 Å². The predicted molar refractivity (Wildman–Crippen MR) is 120 cm³/mol. The summed E-state index contributed by atoms with van der Waals surface area (Å²) in [7, 11) is 0. The van der Waals surface area contributed by atoms with Crippen LogP contribution < -0.4 is 10.7 Å². The molecule has 5 rings (SSSR count). The van der Waals surface area contributed by atoms with Gasteiger partial charge in [-0.1, -0.05) is 71.9 Å². The van der Waals surface area contributed by atoms with Crippen LogP contribution >= 0.6 is 11.8 Å². The van der Waals surface area contributed by atoms with Gasteiger partial charge in [0.25, 0.3) is 0 Å². The van der Waals surface area contributed by atoms with E-state index in [1.54, 1.807) is 0 Å². The lowest BCUT2D eigenvalue weighted by Crippen LogP contribution is -2.45. The molecular formula is C23H25N5O2S. The molecule has 1 fully saturated rings. The van der Waals surface area contributed by atoms with E-state index in [1.807, 2.05) is 35.0 Å². The minimum atomic E-state index is -0.371. The van der Waals surface area contributed by atoms with Crippen LogP contribution in [0.15, 0.2) is 59.8 Å². The van der Waals surface area contributed by atoms with Crippen molar-refractivity contribution in [3.63, 3.8) is 0 Å². The van der Waals surface area contributed by atoms with E-state index in [0.717, 1.165) is 36.4 Å². The summed E-state index contributed by atoms with van der Waals surface area (Å²) in [4.78, 5) is 13.2. The van der Waals surface area contributed by atoms with Crippen molar-refractivity contribution in [1.29, 1.82) is 0 Å². The summed E-state index contributed by atoms with van der Waals surface area (Å²) in [6.45, 7) is 3.38. The first-order chi connectivity index (χ1) is 15.2. The molecule has 2 aliphatic heterocycles. The number of amides is 1. The van der Waals surface area contributed by atoms with Crippen molar-refractivity contribution in [2.24, 2.45) is 0 Å². The number of hydrogen-bond donors (Lipinski definition) is 2. The maximum atomic E-state index is 13.2. The standard InChI is InChI=1S/C23H25N5O2S/c1-15-9-11-16(12-10-15)19-20(22(29)24-14-18-8-5-13-30-18)31-23-26-25-21(28(23)27-19)17-6-3-2-4-7-17/h2-4,6-7,9-12,18-20,27H,5,8,13-14H2,1H3,(H,24,29). The van der Waals surface area contributed by atoms with E-state index in [0.29, 0.717) is 11.7 Å². The Hall–Kier alpha value is -2.84. The maximum absolute atomic E-state index is 13.2. The van der Waals surface area contributed by atoms with Crippen LogP contribution in [0.25, 0.3) is 11.4 Å². The highest BCUT2D eigenvalue weighted by atomic mass is 32.2. The van der Waals surface area contributed by atoms with E-state index < -0.39 is 0 Å². The Morgan fingerprint density at radius 2 is 2.00 bits per heavy atom. The minimum Gasteiger partial charge on any atom is -0.376 e. The lowest BCUT2D eigenvalue weighted by molar-refractivity contribution is -0.121. The second kappa shape index (κ2) is 8.72. The Balaban J connectivity index is 1.44. The van der Waals surface area contributed by atoms with Crippen LogP contribution in [0.1, 0.15) is 30.0 Å². The average Bonchev–Trinajstić information content (AvgIpc) is 3.47. The van der Waals surface area contributed by atoms with Gasteiger partial charge in [0.1, 0.15) is 5.25 Å².